The highest BCUT2D eigenvalue weighted by molar-refractivity contribution is 5.91. The topological polar surface area (TPSA) is 108 Å². The van der Waals surface area contributed by atoms with E-state index in [4.69, 9.17) is 9.47 Å². The van der Waals surface area contributed by atoms with Crippen LogP contribution in [0.5, 0.6) is 0 Å². The summed E-state index contributed by atoms with van der Waals surface area (Å²) in [5, 5.41) is 2.68. The van der Waals surface area contributed by atoms with E-state index in [1.165, 1.54) is 6.92 Å². The highest BCUT2D eigenvalue weighted by Crippen LogP contribution is 2.26. The molecule has 3 amide bonds. The number of cyclic esters (lactones) is 1. The molecule has 2 aliphatic heterocycles. The van der Waals surface area contributed by atoms with Crippen LogP contribution in [-0.2, 0) is 38.4 Å². The molecule has 0 saturated carbocycles. The normalized spacial score (nSPS) is 17.1. The molecule has 10 heteroatoms. The Hall–Kier alpha value is -3.92. The lowest BCUT2D eigenvalue weighted by molar-refractivity contribution is -0.134. The average Bonchev–Trinajstić information content (AvgIpc) is 3.12. The largest absolute Gasteiger partial charge is 0.452 e. The molecule has 10 nitrogen and oxygen atoms in total. The van der Waals surface area contributed by atoms with Crippen molar-refractivity contribution in [3.63, 3.8) is 0 Å². The molecule has 2 aliphatic rings. The number of benzene rings is 2. The molecule has 2 aromatic carbocycles. The summed E-state index contributed by atoms with van der Waals surface area (Å²) >= 11 is 0. The van der Waals surface area contributed by atoms with Gasteiger partial charge in [0.1, 0.15) is 6.10 Å². The van der Waals surface area contributed by atoms with E-state index in [9.17, 15) is 19.2 Å². The van der Waals surface area contributed by atoms with Crippen molar-refractivity contribution in [2.24, 2.45) is 0 Å². The molecule has 202 valence electrons. The molecule has 0 bridgehead atoms. The van der Waals surface area contributed by atoms with Crippen molar-refractivity contribution in [3.8, 4) is 0 Å². The second kappa shape index (κ2) is 12.1. The van der Waals surface area contributed by atoms with Crippen LogP contribution in [0.1, 0.15) is 34.0 Å². The van der Waals surface area contributed by atoms with Crippen LogP contribution in [0, 0.1) is 0 Å². The van der Waals surface area contributed by atoms with Crippen molar-refractivity contribution < 1.29 is 28.7 Å². The molecule has 4 rings (SSSR count). The summed E-state index contributed by atoms with van der Waals surface area (Å²) in [6, 6.07) is 13.0. The van der Waals surface area contributed by atoms with Crippen LogP contribution < -0.4 is 10.2 Å². The highest BCUT2D eigenvalue weighted by atomic mass is 16.6. The molecule has 1 atom stereocenters. The first kappa shape index (κ1) is 27.1. The fourth-order valence-corrected chi connectivity index (χ4v) is 4.64. The molecule has 1 saturated heterocycles. The van der Waals surface area contributed by atoms with Crippen molar-refractivity contribution in [2.45, 2.75) is 32.4 Å². The second-order valence-electron chi connectivity index (χ2n) is 9.90. The van der Waals surface area contributed by atoms with Crippen LogP contribution in [0.25, 0.3) is 0 Å². The Labute approximate surface area is 222 Å². The predicted octanol–water partition coefficient (Wildman–Crippen LogP) is 1.99. The Morgan fingerprint density at radius 3 is 2.45 bits per heavy atom. The summed E-state index contributed by atoms with van der Waals surface area (Å²) in [7, 11) is 3.95. The van der Waals surface area contributed by atoms with Crippen LogP contribution in [-0.4, -0.2) is 86.7 Å². The summed E-state index contributed by atoms with van der Waals surface area (Å²) in [4.78, 5) is 54.1. The fraction of sp³-hybridized carbons (Fsp3) is 0.429. The lowest BCUT2D eigenvalue weighted by Gasteiger charge is -2.20. The number of nitrogens with zero attached hydrogens (tertiary/aromatic N) is 3. The van der Waals surface area contributed by atoms with Crippen LogP contribution in [0.2, 0.25) is 0 Å². The van der Waals surface area contributed by atoms with Gasteiger partial charge in [0.05, 0.1) is 18.7 Å². The SMILES string of the molecule is CC(=O)NC[C@H]1CN(c2ccc3c(c2)CCN(C(=O)COC(=O)c2ccc(CN(C)C)cc2)CC3)C(=O)O1. The Morgan fingerprint density at radius 2 is 1.76 bits per heavy atom. The number of anilines is 1. The lowest BCUT2D eigenvalue weighted by atomic mass is 10.0. The van der Waals surface area contributed by atoms with Crippen LogP contribution in [0.15, 0.2) is 42.5 Å². The summed E-state index contributed by atoms with van der Waals surface area (Å²) in [6.45, 7) is 3.51. The van der Waals surface area contributed by atoms with Gasteiger partial charge in [0.25, 0.3) is 5.91 Å². The zero-order chi connectivity index (χ0) is 27.2. The lowest BCUT2D eigenvalue weighted by Crippen LogP contribution is -2.36. The van der Waals surface area contributed by atoms with E-state index in [0.29, 0.717) is 38.0 Å². The third kappa shape index (κ3) is 6.89. The quantitative estimate of drug-likeness (QED) is 0.528. The molecule has 0 spiro atoms. The minimum atomic E-state index is -0.521. The van der Waals surface area contributed by atoms with Gasteiger partial charge < -0.3 is 24.6 Å². The number of hydrogen-bond acceptors (Lipinski definition) is 7. The predicted molar refractivity (Wildman–Crippen MR) is 141 cm³/mol. The van der Waals surface area contributed by atoms with Gasteiger partial charge in [-0.15, -0.1) is 0 Å². The molecule has 0 radical (unpaired) electrons. The first-order valence-corrected chi connectivity index (χ1v) is 12.7. The first-order chi connectivity index (χ1) is 18.2. The first-order valence-electron chi connectivity index (χ1n) is 12.7. The molecular formula is C28H34N4O6. The molecule has 2 aromatic rings. The Bertz CT molecular complexity index is 1200. The maximum Gasteiger partial charge on any atom is 0.414 e. The van der Waals surface area contributed by atoms with Gasteiger partial charge in [0.2, 0.25) is 5.91 Å². The number of nitrogens with one attached hydrogen (secondary N) is 1. The van der Waals surface area contributed by atoms with E-state index in [1.54, 1.807) is 21.9 Å². The maximum absolute atomic E-state index is 12.8. The Kier molecular flexibility index (Phi) is 8.62. The molecule has 38 heavy (non-hydrogen) atoms. The van der Waals surface area contributed by atoms with E-state index in [1.807, 2.05) is 49.3 Å². The Balaban J connectivity index is 1.30. The monoisotopic (exact) mass is 522 g/mol. The average molecular weight is 523 g/mol. The van der Waals surface area contributed by atoms with E-state index in [-0.39, 0.29) is 25.0 Å². The standard InChI is InChI=1S/C28H34N4O6/c1-19(33)29-15-25-17-32(28(36)38-25)24-9-8-21-10-12-31(13-11-23(21)14-24)26(34)18-37-27(35)22-6-4-20(5-7-22)16-30(2)3/h4-9,14,25H,10-13,15-18H2,1-3H3,(H,29,33)/t25-/m0/s1. The van der Waals surface area contributed by atoms with Gasteiger partial charge in [-0.1, -0.05) is 18.2 Å². The summed E-state index contributed by atoms with van der Waals surface area (Å²) in [5.74, 6) is -0.931. The number of hydrogen-bond donors (Lipinski definition) is 1. The number of rotatable bonds is 8. The van der Waals surface area contributed by atoms with Gasteiger partial charge in [-0.25, -0.2) is 9.59 Å². The van der Waals surface area contributed by atoms with Crippen molar-refractivity contribution in [2.75, 3.05) is 51.8 Å². The molecule has 2 heterocycles. The third-order valence-electron chi connectivity index (χ3n) is 6.62. The molecular weight excluding hydrogens is 488 g/mol. The van der Waals surface area contributed by atoms with Gasteiger partial charge in [-0.3, -0.25) is 14.5 Å². The van der Waals surface area contributed by atoms with Gasteiger partial charge in [0, 0.05) is 32.2 Å². The summed E-state index contributed by atoms with van der Waals surface area (Å²) in [5.41, 5.74) is 4.40. The second-order valence-corrected chi connectivity index (χ2v) is 9.90. The van der Waals surface area contributed by atoms with E-state index in [0.717, 1.165) is 28.9 Å². The van der Waals surface area contributed by atoms with Crippen LogP contribution in [0.3, 0.4) is 0 Å². The number of esters is 1. The maximum atomic E-state index is 12.8. The highest BCUT2D eigenvalue weighted by Gasteiger charge is 2.33. The summed E-state index contributed by atoms with van der Waals surface area (Å²) < 4.78 is 10.7. The molecule has 0 unspecified atom stereocenters. The molecule has 0 aliphatic carbocycles. The zero-order valence-electron chi connectivity index (χ0n) is 22.1. The minimum Gasteiger partial charge on any atom is -0.452 e. The van der Waals surface area contributed by atoms with E-state index >= 15 is 0 Å². The van der Waals surface area contributed by atoms with Gasteiger partial charge >= 0.3 is 12.1 Å². The van der Waals surface area contributed by atoms with Crippen LogP contribution in [0.4, 0.5) is 10.5 Å². The number of amides is 3. The van der Waals surface area contributed by atoms with E-state index < -0.39 is 18.2 Å². The van der Waals surface area contributed by atoms with Crippen molar-refractivity contribution in [1.29, 1.82) is 0 Å². The van der Waals surface area contributed by atoms with Crippen LogP contribution >= 0.6 is 0 Å². The number of carbonyl (C=O) groups is 4. The number of ether oxygens (including phenoxy) is 2. The minimum absolute atomic E-state index is 0.173. The zero-order valence-corrected chi connectivity index (χ0v) is 22.1. The van der Waals surface area contributed by atoms with Crippen molar-refractivity contribution >= 4 is 29.6 Å². The smallest absolute Gasteiger partial charge is 0.414 e. The Morgan fingerprint density at radius 1 is 1.05 bits per heavy atom. The number of fused-ring (bicyclic) bond motifs is 1. The van der Waals surface area contributed by atoms with E-state index in [2.05, 4.69) is 5.32 Å². The fourth-order valence-electron chi connectivity index (χ4n) is 4.64. The molecule has 0 aromatic heterocycles. The van der Waals surface area contributed by atoms with Crippen molar-refractivity contribution in [1.82, 2.24) is 15.1 Å². The third-order valence-corrected chi connectivity index (χ3v) is 6.62. The van der Waals surface area contributed by atoms with Gasteiger partial charge in [-0.05, 0) is 67.9 Å². The van der Waals surface area contributed by atoms with Crippen molar-refractivity contribution in [3.05, 3.63) is 64.7 Å². The molecule has 1 fully saturated rings. The van der Waals surface area contributed by atoms with Gasteiger partial charge in [-0.2, -0.15) is 0 Å². The molecule has 1 N–H and O–H groups in total. The number of carbonyl (C=O) groups excluding carboxylic acids is 4. The summed E-state index contributed by atoms with van der Waals surface area (Å²) in [6.07, 6.45) is 0.434. The van der Waals surface area contributed by atoms with Gasteiger partial charge in [0.15, 0.2) is 6.61 Å².